The molecule has 9 heavy (non-hydrogen) atoms. The van der Waals surface area contributed by atoms with E-state index in [1.807, 2.05) is 6.54 Å². The van der Waals surface area contributed by atoms with Gasteiger partial charge >= 0.3 is 0 Å². The summed E-state index contributed by atoms with van der Waals surface area (Å²) in [6.45, 7) is 2.50. The molecule has 1 heterocycles. The van der Waals surface area contributed by atoms with Crippen LogP contribution in [0.3, 0.4) is 0 Å². The second-order valence-corrected chi connectivity index (χ2v) is 3.10. The molecule has 1 aliphatic rings. The van der Waals surface area contributed by atoms with Crippen LogP contribution in [-0.2, 0) is 10.8 Å². The molecule has 1 rings (SSSR count). The Morgan fingerprint density at radius 1 is 1.89 bits per heavy atom. The highest BCUT2D eigenvalue weighted by Crippen LogP contribution is 1.94. The lowest BCUT2D eigenvalue weighted by Crippen LogP contribution is -2.10. The molecule has 0 aromatic carbocycles. The first-order chi connectivity index (χ1) is 4.33. The largest absolute Gasteiger partial charge is 0.390 e. The summed E-state index contributed by atoms with van der Waals surface area (Å²) in [5.41, 5.74) is 1.62. The first kappa shape index (κ1) is 6.77. The summed E-state index contributed by atoms with van der Waals surface area (Å²) in [4.78, 5) is 0. The average Bonchev–Trinajstić information content (AvgIpc) is 2.17. The number of hydrogen-bond acceptors (Lipinski definition) is 2. The van der Waals surface area contributed by atoms with E-state index in [1.165, 1.54) is 0 Å². The molecular weight excluding hydrogens is 138 g/mol. The van der Waals surface area contributed by atoms with Crippen molar-refractivity contribution in [3.63, 3.8) is 0 Å². The lowest BCUT2D eigenvalue weighted by Gasteiger charge is -1.97. The van der Waals surface area contributed by atoms with Gasteiger partial charge in [0.15, 0.2) is 0 Å². The summed E-state index contributed by atoms with van der Waals surface area (Å²) < 4.78 is 12.4. The molecule has 4 heteroatoms. The quantitative estimate of drug-likeness (QED) is 0.399. The second-order valence-electron chi connectivity index (χ2n) is 1.80. The number of nitrogens with zero attached hydrogens (tertiary/aromatic N) is 1. The van der Waals surface area contributed by atoms with E-state index in [2.05, 4.69) is 0 Å². The summed E-state index contributed by atoms with van der Waals surface area (Å²) >= 11 is 0. The van der Waals surface area contributed by atoms with Crippen LogP contribution in [0, 0.1) is 6.54 Å². The van der Waals surface area contributed by atoms with Crippen molar-refractivity contribution in [3.05, 3.63) is 6.54 Å². The van der Waals surface area contributed by atoms with E-state index >= 15 is 0 Å². The third-order valence-corrected chi connectivity index (χ3v) is 2.07. The number of aliphatic hydroxyl groups is 1. The van der Waals surface area contributed by atoms with Crippen LogP contribution < -0.4 is 0 Å². The predicted molar refractivity (Wildman–Crippen MR) is 35.6 cm³/mol. The predicted octanol–water partition coefficient (Wildman–Crippen LogP) is -1.06. The van der Waals surface area contributed by atoms with Gasteiger partial charge in [0, 0.05) is 23.1 Å². The van der Waals surface area contributed by atoms with Gasteiger partial charge in [-0.05, 0) is 0 Å². The molecule has 1 aliphatic heterocycles. The molecule has 0 aliphatic carbocycles. The molecule has 0 aromatic rings. The SMILES string of the molecule is O=S1C=[N+](CCO)[CH-]C1. The summed E-state index contributed by atoms with van der Waals surface area (Å²) in [5.74, 6) is 0.597. The van der Waals surface area contributed by atoms with Crippen molar-refractivity contribution in [1.82, 2.24) is 0 Å². The zero-order valence-corrected chi connectivity index (χ0v) is 5.80. The molecule has 52 valence electrons. The molecule has 0 saturated heterocycles. The van der Waals surface area contributed by atoms with Gasteiger partial charge in [-0.15, -0.1) is 0 Å². The van der Waals surface area contributed by atoms with E-state index < -0.39 is 10.8 Å². The van der Waals surface area contributed by atoms with Crippen molar-refractivity contribution in [2.24, 2.45) is 0 Å². The maximum absolute atomic E-state index is 10.6. The van der Waals surface area contributed by atoms with E-state index in [1.54, 1.807) is 10.1 Å². The van der Waals surface area contributed by atoms with Crippen LogP contribution in [0.4, 0.5) is 0 Å². The van der Waals surface area contributed by atoms with Crippen molar-refractivity contribution < 1.29 is 13.9 Å². The minimum atomic E-state index is -0.820. The van der Waals surface area contributed by atoms with Gasteiger partial charge in [0.25, 0.3) is 0 Å². The summed E-state index contributed by atoms with van der Waals surface area (Å²) in [6, 6.07) is 0. The molecule has 0 bridgehead atoms. The van der Waals surface area contributed by atoms with Crippen LogP contribution in [0.1, 0.15) is 0 Å². The van der Waals surface area contributed by atoms with E-state index in [9.17, 15) is 4.21 Å². The Labute approximate surface area is 56.5 Å². The van der Waals surface area contributed by atoms with E-state index in [0.29, 0.717) is 12.3 Å². The Hall–Kier alpha value is -0.350. The molecule has 0 saturated carbocycles. The standard InChI is InChI=1S/C5H9NO2S/c7-3-1-6-2-4-9(8)5-6/h2,5,7H,1,3-4H2. The molecule has 0 aromatic heterocycles. The van der Waals surface area contributed by atoms with E-state index in [-0.39, 0.29) is 6.61 Å². The normalized spacial score (nSPS) is 25.4. The summed E-state index contributed by atoms with van der Waals surface area (Å²) in [7, 11) is -0.820. The summed E-state index contributed by atoms with van der Waals surface area (Å²) in [5, 5.41) is 8.43. The lowest BCUT2D eigenvalue weighted by molar-refractivity contribution is -0.478. The Morgan fingerprint density at radius 3 is 3.11 bits per heavy atom. The average molecular weight is 147 g/mol. The molecule has 1 N–H and O–H groups in total. The van der Waals surface area contributed by atoms with Gasteiger partial charge in [-0.3, -0.25) is 4.21 Å². The first-order valence-corrected chi connectivity index (χ1v) is 4.13. The third kappa shape index (κ3) is 1.80. The molecule has 1 unspecified atom stereocenters. The van der Waals surface area contributed by atoms with Gasteiger partial charge in [0.2, 0.25) is 0 Å². The maximum atomic E-state index is 10.6. The first-order valence-electron chi connectivity index (χ1n) is 2.75. The second kappa shape index (κ2) is 2.98. The molecule has 1 atom stereocenters. The minimum absolute atomic E-state index is 0.115. The van der Waals surface area contributed by atoms with Crippen LogP contribution in [0.25, 0.3) is 0 Å². The molecule has 0 spiro atoms. The van der Waals surface area contributed by atoms with Gasteiger partial charge in [-0.1, -0.05) is 0 Å². The topological polar surface area (TPSA) is 40.3 Å². The van der Waals surface area contributed by atoms with Gasteiger partial charge in [0.05, 0.1) is 12.2 Å². The van der Waals surface area contributed by atoms with Crippen molar-refractivity contribution in [1.29, 1.82) is 0 Å². The molecule has 0 fully saturated rings. The fraction of sp³-hybridized carbons (Fsp3) is 0.600. The fourth-order valence-corrected chi connectivity index (χ4v) is 1.58. The highest BCUT2D eigenvalue weighted by Gasteiger charge is 2.05. The van der Waals surface area contributed by atoms with Crippen molar-refractivity contribution in [2.45, 2.75) is 0 Å². The number of β-amino-alcohol motifs (C(OH)–C–C–N with tert-alkyl or cyclic N) is 1. The van der Waals surface area contributed by atoms with Crippen molar-refractivity contribution >= 4 is 16.3 Å². The Morgan fingerprint density at radius 2 is 2.67 bits per heavy atom. The fourth-order valence-electron chi connectivity index (χ4n) is 0.666. The summed E-state index contributed by atoms with van der Waals surface area (Å²) in [6.07, 6.45) is 0. The van der Waals surface area contributed by atoms with Gasteiger partial charge < -0.3 is 9.68 Å². The zero-order valence-electron chi connectivity index (χ0n) is 4.99. The van der Waals surface area contributed by atoms with E-state index in [4.69, 9.17) is 5.11 Å². The lowest BCUT2D eigenvalue weighted by atomic mass is 10.6. The van der Waals surface area contributed by atoms with Crippen LogP contribution in [0.5, 0.6) is 0 Å². The molecule has 0 radical (unpaired) electrons. The van der Waals surface area contributed by atoms with Crippen LogP contribution in [-0.4, -0.2) is 38.3 Å². The minimum Gasteiger partial charge on any atom is -0.390 e. The van der Waals surface area contributed by atoms with E-state index in [0.717, 1.165) is 0 Å². The van der Waals surface area contributed by atoms with Crippen LogP contribution >= 0.6 is 0 Å². The van der Waals surface area contributed by atoms with Crippen molar-refractivity contribution in [2.75, 3.05) is 18.9 Å². The zero-order chi connectivity index (χ0) is 6.69. The number of rotatable bonds is 2. The molecular formula is C5H9NO2S. The number of hydrogen-bond donors (Lipinski definition) is 1. The molecule has 0 amide bonds. The van der Waals surface area contributed by atoms with Gasteiger partial charge in [0.1, 0.15) is 6.54 Å². The maximum Gasteiger partial charge on any atom is 0.139 e. The monoisotopic (exact) mass is 147 g/mol. The van der Waals surface area contributed by atoms with Gasteiger partial charge in [-0.2, -0.15) is 0 Å². The number of aliphatic hydroxyl groups excluding tert-OH is 1. The third-order valence-electron chi connectivity index (χ3n) is 1.08. The Balaban J connectivity index is 2.42. The highest BCUT2D eigenvalue weighted by molar-refractivity contribution is 7.98. The van der Waals surface area contributed by atoms with Crippen LogP contribution in [0.15, 0.2) is 0 Å². The smallest absolute Gasteiger partial charge is 0.139 e. The van der Waals surface area contributed by atoms with Gasteiger partial charge in [-0.25, -0.2) is 0 Å². The highest BCUT2D eigenvalue weighted by atomic mass is 32.2. The Bertz CT molecular complexity index is 155. The molecule has 3 nitrogen and oxygen atoms in total. The van der Waals surface area contributed by atoms with Crippen molar-refractivity contribution in [3.8, 4) is 0 Å². The Kier molecular flexibility index (Phi) is 2.24. The van der Waals surface area contributed by atoms with Crippen LogP contribution in [0.2, 0.25) is 0 Å².